The molecule has 0 bridgehead atoms. The van der Waals surface area contributed by atoms with Crippen LogP contribution in [0.1, 0.15) is 38.2 Å². The first-order valence-corrected chi connectivity index (χ1v) is 8.87. The number of nitriles is 1. The summed E-state index contributed by atoms with van der Waals surface area (Å²) in [6.07, 6.45) is 4.91. The minimum Gasteiger partial charge on any atom is -0.367 e. The zero-order chi connectivity index (χ0) is 15.1. The molecule has 1 heterocycles. The zero-order valence-corrected chi connectivity index (χ0v) is 13.9. The van der Waals surface area contributed by atoms with E-state index < -0.39 is 0 Å². The largest absolute Gasteiger partial charge is 0.367 e. The van der Waals surface area contributed by atoms with Crippen LogP contribution in [0.2, 0.25) is 0 Å². The number of anilines is 1. The molecule has 0 aliphatic carbocycles. The van der Waals surface area contributed by atoms with Crippen LogP contribution in [0.5, 0.6) is 0 Å². The van der Waals surface area contributed by atoms with Crippen LogP contribution in [-0.4, -0.2) is 31.9 Å². The Morgan fingerprint density at radius 1 is 1.43 bits per heavy atom. The molecule has 0 spiro atoms. The van der Waals surface area contributed by atoms with Crippen LogP contribution in [-0.2, 0) is 0 Å². The minimum absolute atomic E-state index is 0.556. The van der Waals surface area contributed by atoms with E-state index >= 15 is 0 Å². The van der Waals surface area contributed by atoms with Gasteiger partial charge in [-0.1, -0.05) is 13.0 Å². The Morgan fingerprint density at radius 3 is 3.00 bits per heavy atom. The first kappa shape index (κ1) is 16.2. The summed E-state index contributed by atoms with van der Waals surface area (Å²) in [5.41, 5.74) is 2.00. The Hall–Kier alpha value is -1.18. The molecule has 1 aromatic rings. The van der Waals surface area contributed by atoms with E-state index in [1.165, 1.54) is 19.3 Å². The van der Waals surface area contributed by atoms with Crippen LogP contribution in [0.3, 0.4) is 0 Å². The highest BCUT2D eigenvalue weighted by Crippen LogP contribution is 2.34. The van der Waals surface area contributed by atoms with Crippen LogP contribution in [0, 0.1) is 11.3 Å². The molecule has 1 N–H and O–H groups in total. The lowest BCUT2D eigenvalue weighted by atomic mass is 9.97. The summed E-state index contributed by atoms with van der Waals surface area (Å²) in [7, 11) is 2.01. The third-order valence-corrected chi connectivity index (χ3v) is 5.02. The average Bonchev–Trinajstić information content (AvgIpc) is 2.53. The van der Waals surface area contributed by atoms with Gasteiger partial charge in [-0.05, 0) is 57.2 Å². The van der Waals surface area contributed by atoms with E-state index in [4.69, 9.17) is 0 Å². The smallest absolute Gasteiger partial charge is 0.103 e. The number of thioether (sulfide) groups is 1. The molecular formula is C17H25N3S. The summed E-state index contributed by atoms with van der Waals surface area (Å²) in [4.78, 5) is 3.59. The van der Waals surface area contributed by atoms with Gasteiger partial charge in [0.1, 0.15) is 6.07 Å². The maximum atomic E-state index is 9.62. The number of rotatable bonds is 6. The number of nitrogens with one attached hydrogen (secondary N) is 1. The topological polar surface area (TPSA) is 39.1 Å². The molecular weight excluding hydrogens is 278 g/mol. The van der Waals surface area contributed by atoms with Crippen molar-refractivity contribution in [3.8, 4) is 6.07 Å². The summed E-state index contributed by atoms with van der Waals surface area (Å²) in [6.45, 7) is 4.24. The maximum Gasteiger partial charge on any atom is 0.103 e. The number of benzene rings is 1. The van der Waals surface area contributed by atoms with Gasteiger partial charge < -0.3 is 10.2 Å². The van der Waals surface area contributed by atoms with Gasteiger partial charge in [0, 0.05) is 17.5 Å². The highest BCUT2D eigenvalue weighted by molar-refractivity contribution is 7.99. The zero-order valence-electron chi connectivity index (χ0n) is 13.1. The molecule has 1 fully saturated rings. The molecule has 3 nitrogen and oxygen atoms in total. The van der Waals surface area contributed by atoms with Crippen molar-refractivity contribution in [2.24, 2.45) is 0 Å². The van der Waals surface area contributed by atoms with Crippen LogP contribution in [0.15, 0.2) is 23.1 Å². The highest BCUT2D eigenvalue weighted by atomic mass is 32.2. The Kier molecular flexibility index (Phi) is 6.41. The van der Waals surface area contributed by atoms with Gasteiger partial charge in [0.05, 0.1) is 11.3 Å². The van der Waals surface area contributed by atoms with Crippen molar-refractivity contribution < 1.29 is 0 Å². The molecule has 4 heteroatoms. The first-order chi connectivity index (χ1) is 10.3. The molecule has 0 radical (unpaired) electrons. The summed E-state index contributed by atoms with van der Waals surface area (Å²) in [6, 6.07) is 9.29. The Morgan fingerprint density at radius 2 is 2.29 bits per heavy atom. The van der Waals surface area contributed by atoms with Crippen molar-refractivity contribution in [2.75, 3.05) is 30.8 Å². The molecule has 0 amide bonds. The fourth-order valence-electron chi connectivity index (χ4n) is 3.08. The van der Waals surface area contributed by atoms with E-state index in [1.807, 2.05) is 7.05 Å². The van der Waals surface area contributed by atoms with E-state index in [2.05, 4.69) is 41.4 Å². The van der Waals surface area contributed by atoms with Gasteiger partial charge in [-0.2, -0.15) is 5.26 Å². The number of hydrogen-bond donors (Lipinski definition) is 1. The molecule has 0 aromatic heterocycles. The van der Waals surface area contributed by atoms with Gasteiger partial charge in [0.2, 0.25) is 0 Å². The molecule has 1 atom stereocenters. The Bertz CT molecular complexity index is 495. The molecule has 1 aliphatic rings. The van der Waals surface area contributed by atoms with Gasteiger partial charge in [0.15, 0.2) is 0 Å². The van der Waals surface area contributed by atoms with E-state index in [0.29, 0.717) is 6.04 Å². The summed E-state index contributed by atoms with van der Waals surface area (Å²) in [5, 5.41) is 12.9. The van der Waals surface area contributed by atoms with Crippen molar-refractivity contribution in [1.29, 1.82) is 5.26 Å². The van der Waals surface area contributed by atoms with Crippen LogP contribution >= 0.6 is 11.8 Å². The molecule has 1 aliphatic heterocycles. The Labute approximate surface area is 132 Å². The van der Waals surface area contributed by atoms with Crippen molar-refractivity contribution in [1.82, 2.24) is 5.32 Å². The van der Waals surface area contributed by atoms with Crippen molar-refractivity contribution in [3.63, 3.8) is 0 Å². The first-order valence-electron chi connectivity index (χ1n) is 7.89. The van der Waals surface area contributed by atoms with E-state index in [9.17, 15) is 5.26 Å². The molecule has 0 saturated carbocycles. The lowest BCUT2D eigenvalue weighted by Gasteiger charge is -2.38. The van der Waals surface area contributed by atoms with Crippen molar-refractivity contribution in [3.05, 3.63) is 23.8 Å². The van der Waals surface area contributed by atoms with Crippen molar-refractivity contribution in [2.45, 2.75) is 43.5 Å². The second-order valence-electron chi connectivity index (χ2n) is 5.43. The summed E-state index contributed by atoms with van der Waals surface area (Å²) in [5.74, 6) is 1.00. The van der Waals surface area contributed by atoms with Gasteiger partial charge in [-0.25, -0.2) is 0 Å². The third-order valence-electron chi connectivity index (χ3n) is 4.08. The number of hydrogen-bond acceptors (Lipinski definition) is 4. The van der Waals surface area contributed by atoms with Crippen LogP contribution < -0.4 is 10.2 Å². The monoisotopic (exact) mass is 303 g/mol. The maximum absolute atomic E-state index is 9.62. The van der Waals surface area contributed by atoms with Gasteiger partial charge in [-0.3, -0.25) is 0 Å². The quantitative estimate of drug-likeness (QED) is 0.814. The van der Waals surface area contributed by atoms with Crippen LogP contribution in [0.25, 0.3) is 0 Å². The fourth-order valence-corrected chi connectivity index (χ4v) is 3.86. The highest BCUT2D eigenvalue weighted by Gasteiger charge is 2.25. The molecule has 1 unspecified atom stereocenters. The molecule has 1 aromatic carbocycles. The minimum atomic E-state index is 0.556. The fraction of sp³-hybridized carbons (Fsp3) is 0.588. The van der Waals surface area contributed by atoms with Crippen LogP contribution in [0.4, 0.5) is 5.69 Å². The normalized spacial score (nSPS) is 18.5. The standard InChI is InChI=1S/C17H25N3S/c1-3-21-17-9-6-8-16(15(17)13-18)20-12-5-4-7-14(20)10-11-19-2/h6,8-9,14,19H,3-5,7,10-12H2,1-2H3. The third kappa shape index (κ3) is 3.93. The molecule has 21 heavy (non-hydrogen) atoms. The average molecular weight is 303 g/mol. The second kappa shape index (κ2) is 8.31. The van der Waals surface area contributed by atoms with E-state index in [0.717, 1.165) is 41.4 Å². The molecule has 1 saturated heterocycles. The SMILES string of the molecule is CCSc1cccc(N2CCCCC2CCNC)c1C#N. The predicted molar refractivity (Wildman–Crippen MR) is 91.1 cm³/mol. The summed E-state index contributed by atoms with van der Waals surface area (Å²) >= 11 is 1.76. The van der Waals surface area contributed by atoms with Gasteiger partial charge >= 0.3 is 0 Å². The predicted octanol–water partition coefficient (Wildman–Crippen LogP) is 3.64. The van der Waals surface area contributed by atoms with Gasteiger partial charge in [-0.15, -0.1) is 11.8 Å². The molecule has 2 rings (SSSR count). The van der Waals surface area contributed by atoms with E-state index in [-0.39, 0.29) is 0 Å². The number of piperidine rings is 1. The Balaban J connectivity index is 2.29. The van der Waals surface area contributed by atoms with Crippen molar-refractivity contribution >= 4 is 17.4 Å². The van der Waals surface area contributed by atoms with Gasteiger partial charge in [0.25, 0.3) is 0 Å². The lowest BCUT2D eigenvalue weighted by Crippen LogP contribution is -2.41. The summed E-state index contributed by atoms with van der Waals surface area (Å²) < 4.78 is 0. The second-order valence-corrected chi connectivity index (χ2v) is 6.74. The number of nitrogens with zero attached hydrogens (tertiary/aromatic N) is 2. The van der Waals surface area contributed by atoms with E-state index in [1.54, 1.807) is 11.8 Å². The molecule has 114 valence electrons. The lowest BCUT2D eigenvalue weighted by molar-refractivity contribution is 0.433.